The molecule has 0 aliphatic rings. The van der Waals surface area contributed by atoms with E-state index < -0.39 is 22.0 Å². The Hall–Kier alpha value is -2.92. The van der Waals surface area contributed by atoms with Crippen LogP contribution in [0.15, 0.2) is 58.5 Å². The van der Waals surface area contributed by atoms with E-state index in [1.807, 2.05) is 19.2 Å². The van der Waals surface area contributed by atoms with Crippen molar-refractivity contribution in [3.63, 3.8) is 0 Å². The van der Waals surface area contributed by atoms with E-state index in [4.69, 9.17) is 9.90 Å². The summed E-state index contributed by atoms with van der Waals surface area (Å²) in [6.07, 6.45) is -4.28. The Morgan fingerprint density at radius 2 is 1.76 bits per heavy atom. The highest BCUT2D eigenvalue weighted by atomic mass is 32.2. The third kappa shape index (κ3) is 5.33. The van der Waals surface area contributed by atoms with E-state index in [-0.39, 0.29) is 9.92 Å². The number of aromatic nitrogens is 2. The van der Waals surface area contributed by atoms with Crippen molar-refractivity contribution < 1.29 is 31.5 Å². The third-order valence-corrected chi connectivity index (χ3v) is 5.56. The number of aliphatic carboxylic acids is 1. The average Bonchev–Trinajstić information content (AvgIpc) is 3.12. The van der Waals surface area contributed by atoms with Gasteiger partial charge in [0.05, 0.1) is 10.4 Å². The molecular weight excluding hydrogens is 411 g/mol. The minimum Gasteiger partial charge on any atom is -0.475 e. The number of benzene rings is 2. The molecule has 29 heavy (non-hydrogen) atoms. The van der Waals surface area contributed by atoms with Crippen LogP contribution in [0.2, 0.25) is 0 Å². The first-order valence-corrected chi connectivity index (χ1v) is 9.78. The first-order chi connectivity index (χ1) is 13.6. The molecule has 0 bridgehead atoms. The van der Waals surface area contributed by atoms with Gasteiger partial charge in [0.1, 0.15) is 0 Å². The Kier molecular flexibility index (Phi) is 6.98. The summed E-state index contributed by atoms with van der Waals surface area (Å²) < 4.78 is 57.2. The number of alkyl halides is 3. The van der Waals surface area contributed by atoms with Gasteiger partial charge in [-0.05, 0) is 43.8 Å². The fourth-order valence-corrected chi connectivity index (χ4v) is 3.83. The van der Waals surface area contributed by atoms with Crippen molar-refractivity contribution in [2.45, 2.75) is 22.5 Å². The van der Waals surface area contributed by atoms with E-state index in [0.717, 1.165) is 24.0 Å². The lowest BCUT2D eigenvalue weighted by Crippen LogP contribution is -2.21. The summed E-state index contributed by atoms with van der Waals surface area (Å²) >= 11 is 0. The minimum atomic E-state index is -5.08. The molecule has 3 rings (SSSR count). The van der Waals surface area contributed by atoms with Gasteiger partial charge in [-0.3, -0.25) is 5.10 Å². The molecule has 0 aliphatic heterocycles. The lowest BCUT2D eigenvalue weighted by molar-refractivity contribution is -0.192. The van der Waals surface area contributed by atoms with Crippen LogP contribution in [0.3, 0.4) is 0 Å². The van der Waals surface area contributed by atoms with Gasteiger partial charge in [-0.25, -0.2) is 13.2 Å². The van der Waals surface area contributed by atoms with Crippen molar-refractivity contribution in [1.82, 2.24) is 15.5 Å². The number of H-pyrrole nitrogens is 1. The van der Waals surface area contributed by atoms with Gasteiger partial charge >= 0.3 is 12.1 Å². The molecule has 0 unspecified atom stereocenters. The van der Waals surface area contributed by atoms with Gasteiger partial charge in [-0.1, -0.05) is 30.3 Å². The van der Waals surface area contributed by atoms with E-state index in [9.17, 15) is 21.6 Å². The van der Waals surface area contributed by atoms with Gasteiger partial charge in [0.15, 0.2) is 5.03 Å². The van der Waals surface area contributed by atoms with E-state index in [0.29, 0.717) is 5.39 Å². The van der Waals surface area contributed by atoms with E-state index in [2.05, 4.69) is 15.5 Å². The zero-order valence-electron chi connectivity index (χ0n) is 15.2. The van der Waals surface area contributed by atoms with Crippen LogP contribution >= 0.6 is 0 Å². The van der Waals surface area contributed by atoms with Crippen molar-refractivity contribution in [1.29, 1.82) is 0 Å². The molecule has 7 nitrogen and oxygen atoms in total. The maximum Gasteiger partial charge on any atom is 0.490 e. The molecule has 3 N–H and O–H groups in total. The number of aromatic amines is 1. The number of sulfone groups is 1. The van der Waals surface area contributed by atoms with Gasteiger partial charge in [0.2, 0.25) is 9.84 Å². The highest BCUT2D eigenvalue weighted by molar-refractivity contribution is 7.91. The number of para-hydroxylation sites is 1. The molecule has 0 aliphatic carbocycles. The lowest BCUT2D eigenvalue weighted by atomic mass is 10.1. The highest BCUT2D eigenvalue weighted by Gasteiger charge is 2.38. The second-order valence-corrected chi connectivity index (χ2v) is 7.71. The molecule has 11 heteroatoms. The summed E-state index contributed by atoms with van der Waals surface area (Å²) in [6.45, 7) is 0.818. The standard InChI is InChI=1S/C16H17N3O2S.C2HF3O2/c1-17-11-10-12-6-5-9-14-15(12)18-19-16(14)22(20,21)13-7-3-2-4-8-13;3-2(4,5)1(6)7/h2-9,17H,10-11H2,1H3,(H,18,19);(H,6,7). The zero-order valence-corrected chi connectivity index (χ0v) is 16.0. The monoisotopic (exact) mass is 429 g/mol. The average molecular weight is 429 g/mol. The van der Waals surface area contributed by atoms with Crippen molar-refractivity contribution >= 4 is 26.7 Å². The van der Waals surface area contributed by atoms with Crippen molar-refractivity contribution in [3.05, 3.63) is 54.1 Å². The number of fused-ring (bicyclic) bond motifs is 1. The first kappa shape index (κ1) is 22.4. The number of likely N-dealkylation sites (N-methyl/N-ethyl adjacent to an activating group) is 1. The molecule has 2 aromatic carbocycles. The van der Waals surface area contributed by atoms with E-state index in [1.165, 1.54) is 0 Å². The zero-order chi connectivity index (χ0) is 21.7. The molecule has 1 heterocycles. The molecule has 0 saturated heterocycles. The molecular formula is C18H18F3N3O4S. The first-order valence-electron chi connectivity index (χ1n) is 8.30. The van der Waals surface area contributed by atoms with Gasteiger partial charge in [0.25, 0.3) is 0 Å². The number of carbonyl (C=O) groups is 1. The predicted molar refractivity (Wildman–Crippen MR) is 99.3 cm³/mol. The normalized spacial score (nSPS) is 11.7. The largest absolute Gasteiger partial charge is 0.490 e. The number of carboxylic acids is 1. The maximum atomic E-state index is 12.7. The Morgan fingerprint density at radius 3 is 2.31 bits per heavy atom. The number of carboxylic acid groups (broad SMARTS) is 1. The number of halogens is 3. The summed E-state index contributed by atoms with van der Waals surface area (Å²) in [6, 6.07) is 14.0. The highest BCUT2D eigenvalue weighted by Crippen LogP contribution is 2.27. The van der Waals surface area contributed by atoms with Crippen LogP contribution < -0.4 is 5.32 Å². The van der Waals surface area contributed by atoms with Crippen LogP contribution in [0.1, 0.15) is 5.56 Å². The summed E-state index contributed by atoms with van der Waals surface area (Å²) in [5, 5.41) is 17.9. The van der Waals surface area contributed by atoms with Crippen LogP contribution in [0, 0.1) is 0 Å². The van der Waals surface area contributed by atoms with Crippen LogP contribution in [-0.2, 0) is 21.1 Å². The summed E-state index contributed by atoms with van der Waals surface area (Å²) in [5.41, 5.74) is 1.83. The summed E-state index contributed by atoms with van der Waals surface area (Å²) in [5.74, 6) is -2.76. The molecule has 156 valence electrons. The quantitative estimate of drug-likeness (QED) is 0.575. The maximum absolute atomic E-state index is 12.7. The second kappa shape index (κ2) is 9.05. The Labute approximate surface area is 164 Å². The van der Waals surface area contributed by atoms with Crippen molar-refractivity contribution in [3.8, 4) is 0 Å². The Morgan fingerprint density at radius 1 is 1.14 bits per heavy atom. The van der Waals surface area contributed by atoms with Crippen molar-refractivity contribution in [2.24, 2.45) is 0 Å². The minimum absolute atomic E-state index is 0.0833. The second-order valence-electron chi connectivity index (χ2n) is 5.84. The number of hydrogen-bond acceptors (Lipinski definition) is 5. The number of nitrogens with zero attached hydrogens (tertiary/aromatic N) is 1. The fourth-order valence-electron chi connectivity index (χ4n) is 2.46. The molecule has 1 aromatic heterocycles. The fraction of sp³-hybridized carbons (Fsp3) is 0.222. The molecule has 0 amide bonds. The van der Waals surface area contributed by atoms with E-state index in [1.54, 1.807) is 36.4 Å². The van der Waals surface area contributed by atoms with Crippen LogP contribution in [0.5, 0.6) is 0 Å². The van der Waals surface area contributed by atoms with E-state index >= 15 is 0 Å². The van der Waals surface area contributed by atoms with Gasteiger partial charge in [-0.2, -0.15) is 18.3 Å². The number of rotatable bonds is 5. The van der Waals surface area contributed by atoms with Gasteiger partial charge in [0, 0.05) is 5.39 Å². The molecule has 0 saturated carbocycles. The van der Waals surface area contributed by atoms with Gasteiger partial charge in [-0.15, -0.1) is 0 Å². The number of nitrogens with one attached hydrogen (secondary N) is 2. The van der Waals surface area contributed by atoms with Crippen LogP contribution in [0.25, 0.3) is 10.9 Å². The van der Waals surface area contributed by atoms with Crippen LogP contribution in [-0.4, -0.2) is 49.5 Å². The SMILES string of the molecule is CNCCc1cccc2c(S(=O)(=O)c3ccccc3)n[nH]c12.O=C(O)C(F)(F)F. The topological polar surface area (TPSA) is 112 Å². The Balaban J connectivity index is 0.000000370. The molecule has 3 aromatic rings. The summed E-state index contributed by atoms with van der Waals surface area (Å²) in [4.78, 5) is 9.15. The number of hydrogen-bond donors (Lipinski definition) is 3. The summed E-state index contributed by atoms with van der Waals surface area (Å²) in [7, 11) is -1.73. The smallest absolute Gasteiger partial charge is 0.475 e. The molecule has 0 spiro atoms. The Bertz CT molecular complexity index is 1080. The third-order valence-electron chi connectivity index (χ3n) is 3.85. The molecule has 0 atom stereocenters. The lowest BCUT2D eigenvalue weighted by Gasteiger charge is -2.03. The molecule has 0 radical (unpaired) electrons. The molecule has 0 fully saturated rings. The van der Waals surface area contributed by atoms with Crippen molar-refractivity contribution in [2.75, 3.05) is 13.6 Å². The van der Waals surface area contributed by atoms with Gasteiger partial charge < -0.3 is 10.4 Å². The predicted octanol–water partition coefficient (Wildman–Crippen LogP) is 2.79. The van der Waals surface area contributed by atoms with Crippen LogP contribution in [0.4, 0.5) is 13.2 Å².